The van der Waals surface area contributed by atoms with E-state index in [-0.39, 0.29) is 6.61 Å². The number of phosphoric acid groups is 1. The number of ether oxygens (including phenoxy) is 1. The molecule has 28 heavy (non-hydrogen) atoms. The van der Waals surface area contributed by atoms with Crippen LogP contribution >= 0.6 is 7.82 Å². The van der Waals surface area contributed by atoms with Crippen molar-refractivity contribution in [1.82, 2.24) is 0 Å². The minimum atomic E-state index is -4.58. The fourth-order valence-electron chi connectivity index (χ4n) is 2.98. The standard InChI is InChI=1S/C21H43O6P/c1-2-3-4-5-6-7-8-9-10-11-12-13-14-15-16-17-18-26-20-21(19-22)27-28(23,24)25/h9-10,21-22H,2-8,11-20H2,1H3,(H2,23,24,25)/b10-9-. The zero-order valence-corrected chi connectivity index (χ0v) is 18.7. The van der Waals surface area contributed by atoms with Crippen LogP contribution in [0.3, 0.4) is 0 Å². The molecule has 0 aromatic carbocycles. The Balaban J connectivity index is 3.29. The molecule has 0 radical (unpaired) electrons. The van der Waals surface area contributed by atoms with Gasteiger partial charge in [-0.25, -0.2) is 4.57 Å². The van der Waals surface area contributed by atoms with Gasteiger partial charge in [0.1, 0.15) is 6.10 Å². The summed E-state index contributed by atoms with van der Waals surface area (Å²) in [4.78, 5) is 17.4. The van der Waals surface area contributed by atoms with Crippen LogP contribution in [0.2, 0.25) is 0 Å². The summed E-state index contributed by atoms with van der Waals surface area (Å²) in [6.07, 6.45) is 21.2. The van der Waals surface area contributed by atoms with Crippen LogP contribution in [0.25, 0.3) is 0 Å². The smallest absolute Gasteiger partial charge is 0.394 e. The molecule has 0 aliphatic heterocycles. The van der Waals surface area contributed by atoms with Gasteiger partial charge in [0.2, 0.25) is 0 Å². The van der Waals surface area contributed by atoms with Gasteiger partial charge >= 0.3 is 7.82 Å². The first kappa shape index (κ1) is 27.8. The molecular weight excluding hydrogens is 379 g/mol. The molecule has 0 bridgehead atoms. The van der Waals surface area contributed by atoms with Gasteiger partial charge in [-0.1, -0.05) is 76.9 Å². The summed E-state index contributed by atoms with van der Waals surface area (Å²) in [5, 5.41) is 8.98. The SMILES string of the molecule is CCCCCCCC/C=C\CCCCCCCCOCC(CO)OP(=O)(O)O. The number of hydrogen-bond donors (Lipinski definition) is 3. The third kappa shape index (κ3) is 22.1. The van der Waals surface area contributed by atoms with Crippen LogP contribution in [-0.4, -0.2) is 40.8 Å². The number of phosphoric ester groups is 1. The van der Waals surface area contributed by atoms with Gasteiger partial charge < -0.3 is 19.6 Å². The van der Waals surface area contributed by atoms with Crippen molar-refractivity contribution in [2.45, 2.75) is 103 Å². The van der Waals surface area contributed by atoms with E-state index in [0.29, 0.717) is 6.61 Å². The van der Waals surface area contributed by atoms with Crippen molar-refractivity contribution in [2.24, 2.45) is 0 Å². The minimum Gasteiger partial charge on any atom is -0.394 e. The van der Waals surface area contributed by atoms with Crippen LogP contribution in [0.5, 0.6) is 0 Å². The molecule has 1 unspecified atom stereocenters. The lowest BCUT2D eigenvalue weighted by molar-refractivity contribution is 0.00414. The Labute approximate surface area is 172 Å². The summed E-state index contributed by atoms with van der Waals surface area (Å²) in [7, 11) is -4.58. The number of unbranched alkanes of at least 4 members (excludes halogenated alkanes) is 12. The van der Waals surface area contributed by atoms with E-state index in [1.807, 2.05) is 0 Å². The van der Waals surface area contributed by atoms with Gasteiger partial charge in [-0.15, -0.1) is 0 Å². The lowest BCUT2D eigenvalue weighted by atomic mass is 10.1. The van der Waals surface area contributed by atoms with Gasteiger partial charge in [-0.2, -0.15) is 0 Å². The Bertz CT molecular complexity index is 396. The molecule has 0 aliphatic carbocycles. The van der Waals surface area contributed by atoms with Gasteiger partial charge in [0.05, 0.1) is 13.2 Å². The average Bonchev–Trinajstić information content (AvgIpc) is 2.65. The third-order valence-electron chi connectivity index (χ3n) is 4.59. The molecule has 0 heterocycles. The van der Waals surface area contributed by atoms with Gasteiger partial charge in [-0.05, 0) is 32.1 Å². The molecule has 0 fully saturated rings. The Hall–Kier alpha value is -0.230. The highest BCUT2D eigenvalue weighted by atomic mass is 31.2. The fourth-order valence-corrected chi connectivity index (χ4v) is 3.49. The van der Waals surface area contributed by atoms with E-state index in [4.69, 9.17) is 19.6 Å². The van der Waals surface area contributed by atoms with E-state index in [2.05, 4.69) is 23.6 Å². The Morgan fingerprint density at radius 2 is 1.32 bits per heavy atom. The van der Waals surface area contributed by atoms with E-state index in [0.717, 1.165) is 12.8 Å². The lowest BCUT2D eigenvalue weighted by Gasteiger charge is -2.15. The molecule has 0 saturated carbocycles. The molecule has 7 heteroatoms. The van der Waals surface area contributed by atoms with Gasteiger partial charge in [0.15, 0.2) is 0 Å². The minimum absolute atomic E-state index is 0.00726. The van der Waals surface area contributed by atoms with Crippen molar-refractivity contribution in [3.63, 3.8) is 0 Å². The number of hydrogen-bond acceptors (Lipinski definition) is 4. The van der Waals surface area contributed by atoms with Crippen LogP contribution in [0.1, 0.15) is 96.8 Å². The second-order valence-corrected chi connectivity index (χ2v) is 8.61. The van der Waals surface area contributed by atoms with Crippen LogP contribution in [-0.2, 0) is 13.8 Å². The van der Waals surface area contributed by atoms with Gasteiger partial charge in [0, 0.05) is 6.61 Å². The first-order valence-electron chi connectivity index (χ1n) is 11.1. The highest BCUT2D eigenvalue weighted by Crippen LogP contribution is 2.37. The molecule has 0 aliphatic rings. The van der Waals surface area contributed by atoms with E-state index in [1.165, 1.54) is 77.0 Å². The zero-order chi connectivity index (χ0) is 20.9. The maximum Gasteiger partial charge on any atom is 0.470 e. The van der Waals surface area contributed by atoms with Gasteiger partial charge in [0.25, 0.3) is 0 Å². The molecule has 0 rings (SSSR count). The number of rotatable bonds is 21. The quantitative estimate of drug-likeness (QED) is 0.128. The zero-order valence-electron chi connectivity index (χ0n) is 17.8. The van der Waals surface area contributed by atoms with Crippen LogP contribution in [0.4, 0.5) is 0 Å². The molecule has 0 aromatic heterocycles. The molecule has 168 valence electrons. The number of aliphatic hydroxyl groups is 1. The van der Waals surface area contributed by atoms with Crippen molar-refractivity contribution in [3.8, 4) is 0 Å². The largest absolute Gasteiger partial charge is 0.470 e. The summed E-state index contributed by atoms with van der Waals surface area (Å²) in [5.41, 5.74) is 0. The Kier molecular flexibility index (Phi) is 19.9. The number of aliphatic hydroxyl groups excluding tert-OH is 1. The van der Waals surface area contributed by atoms with Crippen molar-refractivity contribution in [3.05, 3.63) is 12.2 Å². The van der Waals surface area contributed by atoms with E-state index >= 15 is 0 Å². The summed E-state index contributed by atoms with van der Waals surface area (Å²) in [5.74, 6) is 0. The third-order valence-corrected chi connectivity index (χ3v) is 5.17. The molecule has 0 amide bonds. The predicted molar refractivity (Wildman–Crippen MR) is 114 cm³/mol. The van der Waals surface area contributed by atoms with Crippen molar-refractivity contribution in [2.75, 3.05) is 19.8 Å². The van der Waals surface area contributed by atoms with Crippen LogP contribution in [0, 0.1) is 0 Å². The lowest BCUT2D eigenvalue weighted by Crippen LogP contribution is -2.23. The molecule has 0 aromatic rings. The van der Waals surface area contributed by atoms with Crippen molar-refractivity contribution in [1.29, 1.82) is 0 Å². The maximum absolute atomic E-state index is 10.7. The van der Waals surface area contributed by atoms with E-state index < -0.39 is 20.5 Å². The fraction of sp³-hybridized carbons (Fsp3) is 0.905. The molecule has 6 nitrogen and oxygen atoms in total. The summed E-state index contributed by atoms with van der Waals surface area (Å²) in [6.45, 7) is 2.29. The second kappa shape index (κ2) is 20.1. The summed E-state index contributed by atoms with van der Waals surface area (Å²) in [6, 6.07) is 0. The van der Waals surface area contributed by atoms with Crippen molar-refractivity contribution < 1.29 is 28.7 Å². The molecule has 0 spiro atoms. The molecule has 0 saturated heterocycles. The maximum atomic E-state index is 10.7. The molecule has 1 atom stereocenters. The van der Waals surface area contributed by atoms with Gasteiger partial charge in [-0.3, -0.25) is 4.52 Å². The highest BCUT2D eigenvalue weighted by molar-refractivity contribution is 7.46. The Morgan fingerprint density at radius 1 is 0.821 bits per heavy atom. The average molecular weight is 423 g/mol. The summed E-state index contributed by atoms with van der Waals surface area (Å²) < 4.78 is 20.4. The molecule has 3 N–H and O–H groups in total. The predicted octanol–water partition coefficient (Wildman–Crippen LogP) is 5.51. The first-order valence-corrected chi connectivity index (χ1v) is 12.6. The van der Waals surface area contributed by atoms with Crippen LogP contribution in [0.15, 0.2) is 12.2 Å². The second-order valence-electron chi connectivity index (χ2n) is 7.41. The molecular formula is C21H43O6P. The van der Waals surface area contributed by atoms with E-state index in [9.17, 15) is 4.57 Å². The summed E-state index contributed by atoms with van der Waals surface area (Å²) >= 11 is 0. The van der Waals surface area contributed by atoms with Crippen molar-refractivity contribution >= 4 is 7.82 Å². The highest BCUT2D eigenvalue weighted by Gasteiger charge is 2.21. The van der Waals surface area contributed by atoms with E-state index in [1.54, 1.807) is 0 Å². The monoisotopic (exact) mass is 422 g/mol. The first-order chi connectivity index (χ1) is 13.5. The van der Waals surface area contributed by atoms with Crippen LogP contribution < -0.4 is 0 Å². The topological polar surface area (TPSA) is 96.2 Å². The normalized spacial score (nSPS) is 13.4. The Morgan fingerprint density at radius 3 is 1.82 bits per heavy atom. The number of allylic oxidation sites excluding steroid dienone is 2.